The third-order valence-electron chi connectivity index (χ3n) is 4.38. The smallest absolute Gasteiger partial charge is 0.128 e. The van der Waals surface area contributed by atoms with Crippen LogP contribution in [-0.2, 0) is 13.1 Å². The highest BCUT2D eigenvalue weighted by Gasteiger charge is 2.16. The molecule has 128 valence electrons. The van der Waals surface area contributed by atoms with Crippen LogP contribution < -0.4 is 5.32 Å². The molecule has 3 rings (SSSR count). The van der Waals surface area contributed by atoms with Crippen molar-refractivity contribution in [2.75, 3.05) is 18.4 Å². The molecule has 5 heteroatoms. The lowest BCUT2D eigenvalue weighted by molar-refractivity contribution is 0.0792. The Kier molecular flexibility index (Phi) is 5.72. The third-order valence-corrected chi connectivity index (χ3v) is 4.62. The van der Waals surface area contributed by atoms with Gasteiger partial charge in [-0.15, -0.1) is 0 Å². The summed E-state index contributed by atoms with van der Waals surface area (Å²) in [6.45, 7) is 3.11. The Bertz CT molecular complexity index is 687. The normalized spacial score (nSPS) is 16.3. The molecule has 0 atom stereocenters. The highest BCUT2D eigenvalue weighted by atomic mass is 35.5. The second-order valence-electron chi connectivity index (χ2n) is 6.30. The summed E-state index contributed by atoms with van der Waals surface area (Å²) >= 11 is 5.92. The van der Waals surface area contributed by atoms with Gasteiger partial charge in [0.25, 0.3) is 0 Å². The van der Waals surface area contributed by atoms with E-state index >= 15 is 0 Å². The highest BCUT2D eigenvalue weighted by Crippen LogP contribution is 2.19. The summed E-state index contributed by atoms with van der Waals surface area (Å²) in [6, 6.07) is 12.8. The fourth-order valence-electron chi connectivity index (χ4n) is 2.99. The van der Waals surface area contributed by atoms with E-state index in [2.05, 4.69) is 22.3 Å². The molecule has 0 bridgehead atoms. The number of nitrogens with zero attached hydrogens (tertiary/aromatic N) is 1. The van der Waals surface area contributed by atoms with Gasteiger partial charge in [-0.05, 0) is 48.7 Å². The Morgan fingerprint density at radius 3 is 2.75 bits per heavy atom. The van der Waals surface area contributed by atoms with Crippen LogP contribution in [-0.4, -0.2) is 29.2 Å². The van der Waals surface area contributed by atoms with Crippen LogP contribution in [0.3, 0.4) is 0 Å². The predicted molar refractivity (Wildman–Crippen MR) is 95.7 cm³/mol. The molecule has 0 aliphatic carbocycles. The number of aliphatic hydroxyl groups excluding tert-OH is 1. The van der Waals surface area contributed by atoms with Crippen LogP contribution in [0.25, 0.3) is 0 Å². The largest absolute Gasteiger partial charge is 0.393 e. The molecule has 0 radical (unpaired) electrons. The van der Waals surface area contributed by atoms with E-state index in [1.165, 1.54) is 11.6 Å². The van der Waals surface area contributed by atoms with Gasteiger partial charge in [0.15, 0.2) is 0 Å². The van der Waals surface area contributed by atoms with E-state index in [1.807, 2.05) is 12.1 Å². The zero-order valence-electron chi connectivity index (χ0n) is 13.5. The van der Waals surface area contributed by atoms with Crippen molar-refractivity contribution in [1.82, 2.24) is 4.90 Å². The van der Waals surface area contributed by atoms with E-state index < -0.39 is 0 Å². The molecule has 1 fully saturated rings. The van der Waals surface area contributed by atoms with Gasteiger partial charge in [-0.2, -0.15) is 0 Å². The predicted octanol–water partition coefficient (Wildman–Crippen LogP) is 4.05. The van der Waals surface area contributed by atoms with Gasteiger partial charge in [-0.1, -0.05) is 23.7 Å². The van der Waals surface area contributed by atoms with E-state index in [0.29, 0.717) is 17.1 Å². The summed E-state index contributed by atoms with van der Waals surface area (Å²) in [5, 5.41) is 13.4. The van der Waals surface area contributed by atoms with Crippen LogP contribution in [0.1, 0.15) is 24.0 Å². The number of aliphatic hydroxyl groups is 1. The first-order chi connectivity index (χ1) is 11.6. The van der Waals surface area contributed by atoms with Gasteiger partial charge in [0, 0.05) is 42.5 Å². The molecule has 24 heavy (non-hydrogen) atoms. The van der Waals surface area contributed by atoms with Crippen molar-refractivity contribution in [2.45, 2.75) is 32.0 Å². The van der Waals surface area contributed by atoms with Crippen LogP contribution >= 0.6 is 11.6 Å². The van der Waals surface area contributed by atoms with Crippen molar-refractivity contribution < 1.29 is 9.50 Å². The van der Waals surface area contributed by atoms with Crippen LogP contribution in [0.5, 0.6) is 0 Å². The molecule has 3 nitrogen and oxygen atoms in total. The number of likely N-dealkylation sites (tertiary alicyclic amines) is 1. The molecule has 0 unspecified atom stereocenters. The molecule has 1 aliphatic heterocycles. The molecule has 0 amide bonds. The molecule has 1 heterocycles. The Balaban J connectivity index is 1.60. The first-order valence-electron chi connectivity index (χ1n) is 8.27. The van der Waals surface area contributed by atoms with Gasteiger partial charge in [0.2, 0.25) is 0 Å². The van der Waals surface area contributed by atoms with E-state index in [0.717, 1.165) is 38.2 Å². The molecule has 0 spiro atoms. The summed E-state index contributed by atoms with van der Waals surface area (Å²) in [6.07, 6.45) is 1.53. The lowest BCUT2D eigenvalue weighted by Crippen LogP contribution is -2.35. The van der Waals surface area contributed by atoms with Crippen molar-refractivity contribution in [3.63, 3.8) is 0 Å². The summed E-state index contributed by atoms with van der Waals surface area (Å²) in [5.74, 6) is -0.255. The van der Waals surface area contributed by atoms with Gasteiger partial charge in [-0.3, -0.25) is 4.90 Å². The van der Waals surface area contributed by atoms with Crippen molar-refractivity contribution in [3.8, 4) is 0 Å². The lowest BCUT2D eigenvalue weighted by atomic mass is 10.1. The topological polar surface area (TPSA) is 35.5 Å². The van der Waals surface area contributed by atoms with Crippen LogP contribution in [0.4, 0.5) is 10.1 Å². The molecule has 0 saturated carbocycles. The minimum absolute atomic E-state index is 0.151. The Morgan fingerprint density at radius 1 is 1.17 bits per heavy atom. The van der Waals surface area contributed by atoms with Crippen molar-refractivity contribution in [2.24, 2.45) is 0 Å². The second kappa shape index (κ2) is 7.97. The van der Waals surface area contributed by atoms with Crippen LogP contribution in [0, 0.1) is 5.82 Å². The maximum atomic E-state index is 13.8. The van der Waals surface area contributed by atoms with E-state index in [-0.39, 0.29) is 11.9 Å². The first-order valence-corrected chi connectivity index (χ1v) is 8.65. The molecule has 2 aromatic carbocycles. The van der Waals surface area contributed by atoms with Crippen LogP contribution in [0.15, 0.2) is 42.5 Å². The summed E-state index contributed by atoms with van der Waals surface area (Å²) in [7, 11) is 0. The molecule has 1 saturated heterocycles. The second-order valence-corrected chi connectivity index (χ2v) is 6.73. The number of anilines is 1. The Morgan fingerprint density at radius 2 is 1.96 bits per heavy atom. The number of nitrogens with one attached hydrogen (secondary N) is 1. The Labute approximate surface area is 147 Å². The van der Waals surface area contributed by atoms with Crippen molar-refractivity contribution in [1.29, 1.82) is 0 Å². The van der Waals surface area contributed by atoms with Crippen LogP contribution in [0.2, 0.25) is 5.02 Å². The summed E-state index contributed by atoms with van der Waals surface area (Å²) in [4.78, 5) is 2.35. The minimum Gasteiger partial charge on any atom is -0.393 e. The quantitative estimate of drug-likeness (QED) is 0.855. The SMILES string of the molecule is OC1CCN(Cc2cccc(NCc3cc(Cl)ccc3F)c2)CC1. The number of rotatable bonds is 5. The molecular formula is C19H22ClFN2O. The lowest BCUT2D eigenvalue weighted by Gasteiger charge is -2.29. The number of benzene rings is 2. The number of halogens is 2. The van der Waals surface area contributed by atoms with Gasteiger partial charge in [-0.25, -0.2) is 4.39 Å². The Hall–Kier alpha value is -1.62. The fraction of sp³-hybridized carbons (Fsp3) is 0.368. The molecule has 0 aromatic heterocycles. The monoisotopic (exact) mass is 348 g/mol. The van der Waals surface area contributed by atoms with E-state index in [4.69, 9.17) is 11.6 Å². The summed E-state index contributed by atoms with van der Waals surface area (Å²) in [5.41, 5.74) is 2.73. The van der Waals surface area contributed by atoms with Gasteiger partial charge in [0.05, 0.1) is 6.10 Å². The maximum absolute atomic E-state index is 13.8. The van der Waals surface area contributed by atoms with E-state index in [9.17, 15) is 9.50 Å². The molecule has 1 aliphatic rings. The van der Waals surface area contributed by atoms with Gasteiger partial charge < -0.3 is 10.4 Å². The fourth-order valence-corrected chi connectivity index (χ4v) is 3.19. The summed E-state index contributed by atoms with van der Waals surface area (Å²) < 4.78 is 13.8. The highest BCUT2D eigenvalue weighted by molar-refractivity contribution is 6.30. The van der Waals surface area contributed by atoms with Crippen molar-refractivity contribution in [3.05, 3.63) is 64.4 Å². The zero-order chi connectivity index (χ0) is 16.9. The molecule has 2 N–H and O–H groups in total. The first kappa shape index (κ1) is 17.2. The maximum Gasteiger partial charge on any atom is 0.128 e. The number of hydrogen-bond acceptors (Lipinski definition) is 3. The standard InChI is InChI=1S/C19H22ClFN2O/c20-16-4-5-19(21)15(11-16)12-22-17-3-1-2-14(10-17)13-23-8-6-18(24)7-9-23/h1-5,10-11,18,22,24H,6-9,12-13H2. The number of piperidine rings is 1. The average molecular weight is 349 g/mol. The average Bonchev–Trinajstić information content (AvgIpc) is 2.58. The minimum atomic E-state index is -0.255. The molecule has 2 aromatic rings. The molecular weight excluding hydrogens is 327 g/mol. The third kappa shape index (κ3) is 4.69. The number of hydrogen-bond donors (Lipinski definition) is 2. The van der Waals surface area contributed by atoms with Gasteiger partial charge in [0.1, 0.15) is 5.82 Å². The zero-order valence-corrected chi connectivity index (χ0v) is 14.3. The van der Waals surface area contributed by atoms with E-state index in [1.54, 1.807) is 12.1 Å². The van der Waals surface area contributed by atoms with Gasteiger partial charge >= 0.3 is 0 Å². The van der Waals surface area contributed by atoms with Crippen molar-refractivity contribution >= 4 is 17.3 Å².